The third kappa shape index (κ3) is 8.21. The van der Waals surface area contributed by atoms with Crippen molar-refractivity contribution < 1.29 is 8.42 Å². The lowest BCUT2D eigenvalue weighted by Crippen LogP contribution is -2.34. The monoisotopic (exact) mass is 208 g/mol. The molecule has 4 nitrogen and oxygen atoms in total. The Morgan fingerprint density at radius 3 is 2.38 bits per heavy atom. The quantitative estimate of drug-likeness (QED) is 0.638. The summed E-state index contributed by atoms with van der Waals surface area (Å²) in [7, 11) is -3.31. The highest BCUT2D eigenvalue weighted by molar-refractivity contribution is 7.89. The van der Waals surface area contributed by atoms with Gasteiger partial charge in [0.1, 0.15) is 0 Å². The van der Waals surface area contributed by atoms with Crippen LogP contribution < -0.4 is 10.5 Å². The Labute approximate surface area is 80.9 Å². The van der Waals surface area contributed by atoms with Gasteiger partial charge in [-0.05, 0) is 12.8 Å². The molecule has 0 heterocycles. The maximum absolute atomic E-state index is 10.6. The van der Waals surface area contributed by atoms with Crippen LogP contribution in [0.25, 0.3) is 0 Å². The predicted octanol–water partition coefficient (Wildman–Crippen LogP) is 0.443. The van der Waals surface area contributed by atoms with E-state index in [0.717, 1.165) is 19.3 Å². The smallest absolute Gasteiger partial charge is 0.210 e. The molecule has 0 aromatic heterocycles. The second kappa shape index (κ2) is 6.34. The van der Waals surface area contributed by atoms with Gasteiger partial charge in [-0.2, -0.15) is 0 Å². The van der Waals surface area contributed by atoms with E-state index in [1.807, 2.05) is 0 Å². The Hall–Kier alpha value is -0.130. The van der Waals surface area contributed by atoms with Gasteiger partial charge >= 0.3 is 0 Å². The van der Waals surface area contributed by atoms with E-state index in [9.17, 15) is 8.42 Å². The van der Waals surface area contributed by atoms with Crippen molar-refractivity contribution in [1.82, 2.24) is 5.32 Å². The van der Waals surface area contributed by atoms with Crippen LogP contribution in [0.2, 0.25) is 0 Å². The van der Waals surface area contributed by atoms with Gasteiger partial charge in [0.25, 0.3) is 0 Å². The van der Waals surface area contributed by atoms with Crippen molar-refractivity contribution in [2.75, 3.05) is 12.3 Å². The minimum Gasteiger partial charge on any atom is -0.313 e. The summed E-state index contributed by atoms with van der Waals surface area (Å²) >= 11 is 0. The normalized spacial score (nSPS) is 14.4. The van der Waals surface area contributed by atoms with Gasteiger partial charge in [-0.15, -0.1) is 0 Å². The highest BCUT2D eigenvalue weighted by Crippen LogP contribution is 1.99. The summed E-state index contributed by atoms with van der Waals surface area (Å²) in [6.07, 6.45) is 3.22. The number of primary sulfonamides is 1. The van der Waals surface area contributed by atoms with Gasteiger partial charge in [-0.25, -0.2) is 13.6 Å². The first-order valence-corrected chi connectivity index (χ1v) is 6.45. The van der Waals surface area contributed by atoms with Gasteiger partial charge in [-0.3, -0.25) is 0 Å². The summed E-state index contributed by atoms with van der Waals surface area (Å²) < 4.78 is 21.2. The van der Waals surface area contributed by atoms with Crippen LogP contribution in [0.1, 0.15) is 33.1 Å². The van der Waals surface area contributed by atoms with Crippen molar-refractivity contribution >= 4 is 10.0 Å². The van der Waals surface area contributed by atoms with Gasteiger partial charge < -0.3 is 5.32 Å². The van der Waals surface area contributed by atoms with Crippen LogP contribution in [0.5, 0.6) is 0 Å². The molecular weight excluding hydrogens is 188 g/mol. The molecule has 0 radical (unpaired) electrons. The lowest BCUT2D eigenvalue weighted by molar-refractivity contribution is 0.475. The fourth-order valence-electron chi connectivity index (χ4n) is 1.20. The molecule has 0 aliphatic heterocycles. The Bertz CT molecular complexity index is 214. The van der Waals surface area contributed by atoms with Crippen LogP contribution in [0, 0.1) is 0 Å². The predicted molar refractivity (Wildman–Crippen MR) is 55.0 cm³/mol. The lowest BCUT2D eigenvalue weighted by atomic mass is 10.1. The molecule has 13 heavy (non-hydrogen) atoms. The first-order chi connectivity index (χ1) is 5.99. The minimum atomic E-state index is -3.31. The second-order valence-electron chi connectivity index (χ2n) is 3.21. The van der Waals surface area contributed by atoms with Crippen LogP contribution in [-0.2, 0) is 10.0 Å². The van der Waals surface area contributed by atoms with E-state index >= 15 is 0 Å². The molecule has 0 saturated carbocycles. The topological polar surface area (TPSA) is 72.2 Å². The molecule has 0 fully saturated rings. The summed E-state index contributed by atoms with van der Waals surface area (Å²) in [6.45, 7) is 4.66. The van der Waals surface area contributed by atoms with E-state index in [0.29, 0.717) is 12.6 Å². The zero-order chi connectivity index (χ0) is 10.3. The van der Waals surface area contributed by atoms with E-state index in [4.69, 9.17) is 5.14 Å². The fraction of sp³-hybridized carbons (Fsp3) is 1.00. The third-order valence-electron chi connectivity index (χ3n) is 1.95. The minimum absolute atomic E-state index is 0.0210. The zero-order valence-electron chi connectivity index (χ0n) is 8.41. The van der Waals surface area contributed by atoms with Crippen molar-refractivity contribution in [2.24, 2.45) is 5.14 Å². The molecule has 0 rings (SSSR count). The largest absolute Gasteiger partial charge is 0.313 e. The summed E-state index contributed by atoms with van der Waals surface area (Å²) in [5, 5.41) is 8.04. The second-order valence-corrected chi connectivity index (χ2v) is 4.95. The van der Waals surface area contributed by atoms with E-state index in [2.05, 4.69) is 19.2 Å². The summed E-state index contributed by atoms with van der Waals surface area (Å²) in [4.78, 5) is 0. The summed E-state index contributed by atoms with van der Waals surface area (Å²) in [5.74, 6) is 0.0210. The van der Waals surface area contributed by atoms with E-state index in [1.165, 1.54) is 0 Å². The van der Waals surface area contributed by atoms with E-state index in [-0.39, 0.29) is 5.75 Å². The highest BCUT2D eigenvalue weighted by atomic mass is 32.2. The van der Waals surface area contributed by atoms with Crippen LogP contribution >= 0.6 is 0 Å². The number of hydrogen-bond acceptors (Lipinski definition) is 3. The molecule has 80 valence electrons. The summed E-state index contributed by atoms with van der Waals surface area (Å²) in [6, 6.07) is 0.423. The number of hydrogen-bond donors (Lipinski definition) is 2. The van der Waals surface area contributed by atoms with Gasteiger partial charge in [0.05, 0.1) is 5.75 Å². The SMILES string of the molecule is CCCC(CC)NCCS(N)(=O)=O. The van der Waals surface area contributed by atoms with Crippen LogP contribution in [0.3, 0.4) is 0 Å². The number of rotatable bonds is 7. The number of nitrogens with two attached hydrogens (primary N) is 1. The zero-order valence-corrected chi connectivity index (χ0v) is 9.23. The third-order valence-corrected chi connectivity index (χ3v) is 2.72. The number of nitrogens with one attached hydrogen (secondary N) is 1. The first-order valence-electron chi connectivity index (χ1n) is 4.73. The Kier molecular flexibility index (Phi) is 6.28. The molecular formula is C8H20N2O2S. The molecule has 0 aliphatic rings. The Morgan fingerprint density at radius 1 is 1.38 bits per heavy atom. The van der Waals surface area contributed by atoms with Gasteiger partial charge in [0.15, 0.2) is 0 Å². The van der Waals surface area contributed by atoms with E-state index in [1.54, 1.807) is 0 Å². The Balaban J connectivity index is 3.61. The molecule has 0 spiro atoms. The standard InChI is InChI=1S/C8H20N2O2S/c1-3-5-8(4-2)10-6-7-13(9,11)12/h8,10H,3-7H2,1-2H3,(H2,9,11,12). The van der Waals surface area contributed by atoms with Gasteiger partial charge in [-0.1, -0.05) is 20.3 Å². The van der Waals surface area contributed by atoms with Gasteiger partial charge in [0, 0.05) is 12.6 Å². The molecule has 1 atom stereocenters. The van der Waals surface area contributed by atoms with Crippen molar-refractivity contribution in [3.05, 3.63) is 0 Å². The average Bonchev–Trinajstić information content (AvgIpc) is 2.01. The molecule has 0 bridgehead atoms. The fourth-order valence-corrected chi connectivity index (χ4v) is 1.61. The molecule has 3 N–H and O–H groups in total. The maximum atomic E-state index is 10.6. The molecule has 0 saturated heterocycles. The van der Waals surface area contributed by atoms with Crippen molar-refractivity contribution in [2.45, 2.75) is 39.2 Å². The van der Waals surface area contributed by atoms with Crippen molar-refractivity contribution in [1.29, 1.82) is 0 Å². The maximum Gasteiger partial charge on any atom is 0.210 e. The molecule has 0 aromatic rings. The van der Waals surface area contributed by atoms with Crippen molar-refractivity contribution in [3.63, 3.8) is 0 Å². The van der Waals surface area contributed by atoms with Crippen LogP contribution in [0.4, 0.5) is 0 Å². The van der Waals surface area contributed by atoms with Crippen molar-refractivity contribution in [3.8, 4) is 0 Å². The molecule has 0 aliphatic carbocycles. The van der Waals surface area contributed by atoms with Crippen LogP contribution in [-0.4, -0.2) is 26.8 Å². The average molecular weight is 208 g/mol. The number of sulfonamides is 1. The van der Waals surface area contributed by atoms with Gasteiger partial charge in [0.2, 0.25) is 10.0 Å². The Morgan fingerprint density at radius 2 is 2.00 bits per heavy atom. The molecule has 5 heteroatoms. The highest BCUT2D eigenvalue weighted by Gasteiger charge is 2.06. The molecule has 0 amide bonds. The first kappa shape index (κ1) is 12.9. The van der Waals surface area contributed by atoms with Crippen LogP contribution in [0.15, 0.2) is 0 Å². The summed E-state index contributed by atoms with van der Waals surface area (Å²) in [5.41, 5.74) is 0. The lowest BCUT2D eigenvalue weighted by Gasteiger charge is -2.15. The molecule has 1 unspecified atom stereocenters. The van der Waals surface area contributed by atoms with E-state index < -0.39 is 10.0 Å². The molecule has 0 aromatic carbocycles.